The molecule has 1 aromatic carbocycles. The average molecular weight is 310 g/mol. The summed E-state index contributed by atoms with van der Waals surface area (Å²) in [7, 11) is 1.66. The topological polar surface area (TPSA) is 49.2 Å². The first kappa shape index (κ1) is 15.3. The van der Waals surface area contributed by atoms with Crippen LogP contribution in [0, 0.1) is 6.07 Å². The lowest BCUT2D eigenvalue weighted by Crippen LogP contribution is -2.03. The maximum atomic E-state index is 5.79. The van der Waals surface area contributed by atoms with Gasteiger partial charge in [0.2, 0.25) is 0 Å². The van der Waals surface area contributed by atoms with Crippen molar-refractivity contribution in [3.8, 4) is 11.5 Å². The van der Waals surface area contributed by atoms with Crippen molar-refractivity contribution in [1.82, 2.24) is 14.8 Å². The summed E-state index contributed by atoms with van der Waals surface area (Å²) < 4.78 is 12.8. The van der Waals surface area contributed by atoms with Crippen LogP contribution in [0.4, 0.5) is 0 Å². The van der Waals surface area contributed by atoms with Gasteiger partial charge in [-0.2, -0.15) is 5.10 Å². The Morgan fingerprint density at radius 3 is 2.78 bits per heavy atom. The highest BCUT2D eigenvalue weighted by Crippen LogP contribution is 2.24. The van der Waals surface area contributed by atoms with Gasteiger partial charge in [0.1, 0.15) is 11.5 Å². The van der Waals surface area contributed by atoms with Gasteiger partial charge in [-0.3, -0.25) is 0 Å². The maximum Gasteiger partial charge on any atom is 0.161 e. The molecule has 5 heteroatoms. The summed E-state index contributed by atoms with van der Waals surface area (Å²) in [6.07, 6.45) is 5.57. The third-order valence-electron chi connectivity index (χ3n) is 3.67. The lowest BCUT2D eigenvalue weighted by Gasteiger charge is -2.07. The Kier molecular flexibility index (Phi) is 4.76. The van der Waals surface area contributed by atoms with Gasteiger partial charge >= 0.3 is 0 Å². The van der Waals surface area contributed by atoms with E-state index >= 15 is 0 Å². The van der Waals surface area contributed by atoms with Gasteiger partial charge in [-0.1, -0.05) is 25.5 Å². The number of hydrogen-bond acceptors (Lipinski definition) is 4. The summed E-state index contributed by atoms with van der Waals surface area (Å²) >= 11 is 0. The molecule has 0 amide bonds. The van der Waals surface area contributed by atoms with Crippen molar-refractivity contribution < 1.29 is 9.47 Å². The Labute approximate surface area is 135 Å². The molecule has 23 heavy (non-hydrogen) atoms. The maximum absolute atomic E-state index is 5.79. The molecule has 1 radical (unpaired) electrons. The summed E-state index contributed by atoms with van der Waals surface area (Å²) in [6.45, 7) is 3.48. The molecule has 2 aromatic heterocycles. The molecule has 0 saturated carbocycles. The molecular formula is C18H20N3O2. The fraction of sp³-hybridized carbons (Fsp3) is 0.333. The first-order valence-corrected chi connectivity index (χ1v) is 7.79. The molecule has 0 N–H and O–H groups in total. The van der Waals surface area contributed by atoms with Crippen molar-refractivity contribution in [3.63, 3.8) is 0 Å². The van der Waals surface area contributed by atoms with Gasteiger partial charge < -0.3 is 9.47 Å². The Morgan fingerprint density at radius 2 is 2.04 bits per heavy atom. The molecule has 0 spiro atoms. The van der Waals surface area contributed by atoms with E-state index in [1.54, 1.807) is 19.5 Å². The summed E-state index contributed by atoms with van der Waals surface area (Å²) in [5.74, 6) is 1.57. The van der Waals surface area contributed by atoms with Crippen LogP contribution in [0.1, 0.15) is 25.3 Å². The summed E-state index contributed by atoms with van der Waals surface area (Å²) in [4.78, 5) is 4.40. The molecular weight excluding hydrogens is 290 g/mol. The second-order valence-corrected chi connectivity index (χ2v) is 5.32. The molecule has 3 aromatic rings. The fourth-order valence-electron chi connectivity index (χ4n) is 2.36. The molecule has 0 bridgehead atoms. The first-order chi connectivity index (χ1) is 11.3. The van der Waals surface area contributed by atoms with Gasteiger partial charge in [0.25, 0.3) is 0 Å². The zero-order valence-electron chi connectivity index (χ0n) is 13.5. The van der Waals surface area contributed by atoms with Crippen molar-refractivity contribution in [2.24, 2.45) is 0 Å². The van der Waals surface area contributed by atoms with Gasteiger partial charge in [-0.05, 0) is 24.1 Å². The molecule has 3 rings (SSSR count). The molecule has 0 aliphatic carbocycles. The third kappa shape index (κ3) is 3.44. The number of pyridine rings is 1. The summed E-state index contributed by atoms with van der Waals surface area (Å²) in [6, 6.07) is 11.0. The molecule has 2 heterocycles. The van der Waals surface area contributed by atoms with E-state index in [9.17, 15) is 0 Å². The largest absolute Gasteiger partial charge is 0.497 e. The van der Waals surface area contributed by atoms with Crippen LogP contribution >= 0.6 is 0 Å². The van der Waals surface area contributed by atoms with E-state index in [0.717, 1.165) is 40.9 Å². The highest BCUT2D eigenvalue weighted by molar-refractivity contribution is 5.81. The summed E-state index contributed by atoms with van der Waals surface area (Å²) in [5.41, 5.74) is 1.95. The number of aromatic nitrogens is 3. The zero-order valence-corrected chi connectivity index (χ0v) is 13.5. The minimum Gasteiger partial charge on any atom is -0.497 e. The smallest absolute Gasteiger partial charge is 0.161 e. The van der Waals surface area contributed by atoms with Crippen molar-refractivity contribution >= 4 is 11.0 Å². The second-order valence-electron chi connectivity index (χ2n) is 5.32. The number of methoxy groups -OCH3 is 1. The molecule has 0 aliphatic heterocycles. The molecule has 0 fully saturated rings. The van der Waals surface area contributed by atoms with E-state index in [2.05, 4.69) is 23.1 Å². The fourth-order valence-corrected chi connectivity index (χ4v) is 2.36. The number of nitrogens with zero attached hydrogens (tertiary/aromatic N) is 3. The van der Waals surface area contributed by atoms with E-state index in [1.165, 1.54) is 0 Å². The predicted molar refractivity (Wildman–Crippen MR) is 88.9 cm³/mol. The highest BCUT2D eigenvalue weighted by Gasteiger charge is 2.10. The quantitative estimate of drug-likeness (QED) is 0.627. The monoisotopic (exact) mass is 310 g/mol. The van der Waals surface area contributed by atoms with Crippen LogP contribution in [0.25, 0.3) is 11.0 Å². The van der Waals surface area contributed by atoms with Gasteiger partial charge in [0.15, 0.2) is 5.65 Å². The van der Waals surface area contributed by atoms with Crippen LogP contribution in [-0.2, 0) is 6.54 Å². The van der Waals surface area contributed by atoms with Gasteiger partial charge in [0, 0.05) is 12.3 Å². The molecule has 5 nitrogen and oxygen atoms in total. The molecule has 0 saturated heterocycles. The van der Waals surface area contributed by atoms with E-state index in [1.807, 2.05) is 28.9 Å². The van der Waals surface area contributed by atoms with Gasteiger partial charge in [0.05, 0.1) is 31.8 Å². The molecule has 119 valence electrons. The minimum absolute atomic E-state index is 0.652. The number of unbranched alkanes of at least 4 members (excludes halogenated alkanes) is 1. The lowest BCUT2D eigenvalue weighted by molar-refractivity contribution is 0.312. The zero-order chi connectivity index (χ0) is 16.1. The predicted octanol–water partition coefficient (Wildman–Crippen LogP) is 3.47. The van der Waals surface area contributed by atoms with Crippen LogP contribution < -0.4 is 9.47 Å². The number of ether oxygens (including phenoxy) is 2. The standard InChI is InChI=1S/C18H20N3O2/c1-3-4-11-23-17-9-10-19-18-16(17)12-20-21(18)13-14-5-7-15(22-2)8-6-14/h5-8,10,12H,3-4,11,13H2,1-2H3. The van der Waals surface area contributed by atoms with Crippen molar-refractivity contribution in [3.05, 3.63) is 48.3 Å². The number of rotatable bonds is 7. The number of fused-ring (bicyclic) bond motifs is 1. The minimum atomic E-state index is 0.652. The van der Waals surface area contributed by atoms with Crippen LogP contribution in [-0.4, -0.2) is 28.5 Å². The lowest BCUT2D eigenvalue weighted by atomic mass is 10.2. The Hall–Kier alpha value is -2.56. The van der Waals surface area contributed by atoms with Crippen molar-refractivity contribution in [2.75, 3.05) is 13.7 Å². The molecule has 0 aliphatic rings. The Balaban J connectivity index is 1.82. The Morgan fingerprint density at radius 1 is 1.22 bits per heavy atom. The van der Waals surface area contributed by atoms with Crippen LogP contribution in [0.3, 0.4) is 0 Å². The normalized spacial score (nSPS) is 10.9. The first-order valence-electron chi connectivity index (χ1n) is 7.79. The SMILES string of the molecule is CCCCOc1[c]cnc2c1cnn2Cc1ccc(OC)cc1. The number of hydrogen-bond donors (Lipinski definition) is 0. The average Bonchev–Trinajstić information content (AvgIpc) is 3.00. The van der Waals surface area contributed by atoms with E-state index in [0.29, 0.717) is 13.2 Å². The Bertz CT molecular complexity index is 766. The molecule has 0 atom stereocenters. The van der Waals surface area contributed by atoms with Crippen LogP contribution in [0.15, 0.2) is 36.7 Å². The van der Waals surface area contributed by atoms with Crippen molar-refractivity contribution in [1.29, 1.82) is 0 Å². The number of benzene rings is 1. The summed E-state index contributed by atoms with van der Waals surface area (Å²) in [5, 5.41) is 5.35. The van der Waals surface area contributed by atoms with E-state index in [4.69, 9.17) is 9.47 Å². The van der Waals surface area contributed by atoms with Crippen molar-refractivity contribution in [2.45, 2.75) is 26.3 Å². The second kappa shape index (κ2) is 7.13. The van der Waals surface area contributed by atoms with E-state index in [-0.39, 0.29) is 0 Å². The third-order valence-corrected chi connectivity index (χ3v) is 3.67. The molecule has 0 unspecified atom stereocenters. The van der Waals surface area contributed by atoms with E-state index < -0.39 is 0 Å². The van der Waals surface area contributed by atoms with Crippen LogP contribution in [0.5, 0.6) is 11.5 Å². The van der Waals surface area contributed by atoms with Gasteiger partial charge in [-0.15, -0.1) is 0 Å². The highest BCUT2D eigenvalue weighted by atomic mass is 16.5. The van der Waals surface area contributed by atoms with Crippen LogP contribution in [0.2, 0.25) is 0 Å². The van der Waals surface area contributed by atoms with Gasteiger partial charge in [-0.25, -0.2) is 9.67 Å².